The average Bonchev–Trinajstić information content (AvgIpc) is 3.11. The number of carbonyl (C=O) groups is 1. The quantitative estimate of drug-likeness (QED) is 0.770. The molecule has 1 fully saturated rings. The van der Waals surface area contributed by atoms with Gasteiger partial charge in [0.2, 0.25) is 0 Å². The van der Waals surface area contributed by atoms with Crippen LogP contribution in [0, 0.1) is 0 Å². The van der Waals surface area contributed by atoms with Crippen molar-refractivity contribution >= 4 is 11.7 Å². The third-order valence-electron chi connectivity index (χ3n) is 3.22. The lowest BCUT2D eigenvalue weighted by molar-refractivity contribution is 0.249. The van der Waals surface area contributed by atoms with Gasteiger partial charge in [0, 0.05) is 18.3 Å². The van der Waals surface area contributed by atoms with E-state index in [-0.39, 0.29) is 12.1 Å². The zero-order valence-electron chi connectivity index (χ0n) is 10.9. The lowest BCUT2D eigenvalue weighted by Gasteiger charge is -2.13. The lowest BCUT2D eigenvalue weighted by atomic mass is 10.2. The summed E-state index contributed by atoms with van der Waals surface area (Å²) in [5.74, 6) is 0. The van der Waals surface area contributed by atoms with E-state index >= 15 is 0 Å². The molecule has 0 saturated carbocycles. The number of nitrogens with zero attached hydrogens (tertiary/aromatic N) is 3. The number of anilines is 1. The zero-order chi connectivity index (χ0) is 13.8. The van der Waals surface area contributed by atoms with Gasteiger partial charge in [-0.3, -0.25) is 4.57 Å². The molecule has 104 valence electrons. The summed E-state index contributed by atoms with van der Waals surface area (Å²) in [7, 11) is 0. The Hall–Kier alpha value is -2.41. The van der Waals surface area contributed by atoms with Crippen molar-refractivity contribution < 1.29 is 4.79 Å². The summed E-state index contributed by atoms with van der Waals surface area (Å²) in [5.41, 5.74) is 1.63. The monoisotopic (exact) mass is 272 g/mol. The third-order valence-corrected chi connectivity index (χ3v) is 3.22. The number of nitrogens with one attached hydrogen (secondary N) is 3. The first kappa shape index (κ1) is 12.6. The molecule has 0 bridgehead atoms. The molecule has 1 saturated heterocycles. The Bertz CT molecular complexity index is 576. The van der Waals surface area contributed by atoms with Crippen LogP contribution < -0.4 is 16.0 Å². The Morgan fingerprint density at radius 1 is 1.35 bits per heavy atom. The molecule has 0 radical (unpaired) electrons. The highest BCUT2D eigenvalue weighted by Gasteiger charge is 2.16. The summed E-state index contributed by atoms with van der Waals surface area (Å²) in [6.07, 6.45) is 4.20. The van der Waals surface area contributed by atoms with Crippen molar-refractivity contribution in [1.29, 1.82) is 0 Å². The summed E-state index contributed by atoms with van der Waals surface area (Å²) in [6.45, 7) is 1.78. The van der Waals surface area contributed by atoms with E-state index in [4.69, 9.17) is 0 Å². The van der Waals surface area contributed by atoms with E-state index in [0.29, 0.717) is 0 Å². The Kier molecular flexibility index (Phi) is 3.60. The predicted octanol–water partition coefficient (Wildman–Crippen LogP) is 0.751. The fraction of sp³-hybridized carbons (Fsp3) is 0.308. The van der Waals surface area contributed by atoms with Gasteiger partial charge >= 0.3 is 6.03 Å². The summed E-state index contributed by atoms with van der Waals surface area (Å²) < 4.78 is 1.78. The van der Waals surface area contributed by atoms with Gasteiger partial charge in [-0.1, -0.05) is 6.07 Å². The van der Waals surface area contributed by atoms with Crippen molar-refractivity contribution in [3.63, 3.8) is 0 Å². The van der Waals surface area contributed by atoms with Crippen LogP contribution in [0.4, 0.5) is 10.5 Å². The number of hydrogen-bond acceptors (Lipinski definition) is 4. The minimum Gasteiger partial charge on any atom is -0.334 e. The first-order valence-corrected chi connectivity index (χ1v) is 6.54. The number of carbonyl (C=O) groups excluding carboxylic acids is 1. The normalized spacial score (nSPS) is 17.9. The molecule has 2 heterocycles. The molecule has 0 aliphatic carbocycles. The van der Waals surface area contributed by atoms with Gasteiger partial charge < -0.3 is 16.0 Å². The molecule has 1 atom stereocenters. The topological polar surface area (TPSA) is 83.9 Å². The fourth-order valence-electron chi connectivity index (χ4n) is 2.21. The SMILES string of the molecule is O=C(Nc1cccc(-n2cnnc2)c1)N[C@@H]1CCNC1. The average molecular weight is 272 g/mol. The van der Waals surface area contributed by atoms with Gasteiger partial charge in [0.25, 0.3) is 0 Å². The second-order valence-electron chi connectivity index (χ2n) is 4.71. The second-order valence-corrected chi connectivity index (χ2v) is 4.71. The molecule has 0 spiro atoms. The van der Waals surface area contributed by atoms with Crippen LogP contribution in [-0.2, 0) is 0 Å². The number of hydrogen-bond donors (Lipinski definition) is 3. The van der Waals surface area contributed by atoms with E-state index in [2.05, 4.69) is 26.1 Å². The van der Waals surface area contributed by atoms with E-state index in [0.717, 1.165) is 30.9 Å². The Labute approximate surface area is 116 Å². The summed E-state index contributed by atoms with van der Waals surface area (Å²) in [5, 5.41) is 16.5. The minimum absolute atomic E-state index is 0.181. The fourth-order valence-corrected chi connectivity index (χ4v) is 2.21. The molecule has 0 unspecified atom stereocenters. The van der Waals surface area contributed by atoms with E-state index in [9.17, 15) is 4.79 Å². The molecule has 2 aromatic rings. The number of aromatic nitrogens is 3. The molecule has 20 heavy (non-hydrogen) atoms. The van der Waals surface area contributed by atoms with Crippen molar-refractivity contribution in [2.75, 3.05) is 18.4 Å². The molecule has 3 N–H and O–H groups in total. The zero-order valence-corrected chi connectivity index (χ0v) is 10.9. The van der Waals surface area contributed by atoms with Gasteiger partial charge in [0.1, 0.15) is 12.7 Å². The van der Waals surface area contributed by atoms with Gasteiger partial charge in [-0.05, 0) is 31.2 Å². The van der Waals surface area contributed by atoms with Gasteiger partial charge in [-0.2, -0.15) is 0 Å². The predicted molar refractivity (Wildman–Crippen MR) is 74.8 cm³/mol. The Morgan fingerprint density at radius 3 is 2.95 bits per heavy atom. The first-order valence-electron chi connectivity index (χ1n) is 6.54. The molecule has 7 nitrogen and oxygen atoms in total. The van der Waals surface area contributed by atoms with E-state index in [1.54, 1.807) is 17.2 Å². The summed E-state index contributed by atoms with van der Waals surface area (Å²) in [4.78, 5) is 11.9. The Balaban J connectivity index is 1.65. The molecule has 1 aromatic carbocycles. The van der Waals surface area contributed by atoms with Crippen LogP contribution in [0.15, 0.2) is 36.9 Å². The van der Waals surface area contributed by atoms with Crippen molar-refractivity contribution in [1.82, 2.24) is 25.4 Å². The maximum absolute atomic E-state index is 11.9. The molecule has 3 rings (SSSR count). The molecule has 7 heteroatoms. The molecule has 2 amide bonds. The van der Waals surface area contributed by atoms with Gasteiger partial charge in [-0.25, -0.2) is 4.79 Å². The minimum atomic E-state index is -0.181. The van der Waals surface area contributed by atoms with Crippen LogP contribution in [0.25, 0.3) is 5.69 Å². The van der Waals surface area contributed by atoms with Crippen LogP contribution >= 0.6 is 0 Å². The van der Waals surface area contributed by atoms with Gasteiger partial charge in [0.15, 0.2) is 0 Å². The highest BCUT2D eigenvalue weighted by atomic mass is 16.2. The van der Waals surface area contributed by atoms with Crippen LogP contribution in [-0.4, -0.2) is 39.9 Å². The number of amides is 2. The van der Waals surface area contributed by atoms with Crippen LogP contribution in [0.3, 0.4) is 0 Å². The number of urea groups is 1. The maximum atomic E-state index is 11.9. The lowest BCUT2D eigenvalue weighted by Crippen LogP contribution is -2.39. The van der Waals surface area contributed by atoms with Crippen LogP contribution in [0.1, 0.15) is 6.42 Å². The van der Waals surface area contributed by atoms with Gasteiger partial charge in [0.05, 0.1) is 5.69 Å². The summed E-state index contributed by atoms with van der Waals surface area (Å²) in [6, 6.07) is 7.54. The number of benzene rings is 1. The maximum Gasteiger partial charge on any atom is 0.319 e. The highest BCUT2D eigenvalue weighted by molar-refractivity contribution is 5.89. The van der Waals surface area contributed by atoms with Crippen molar-refractivity contribution in [2.24, 2.45) is 0 Å². The number of rotatable bonds is 3. The first-order chi connectivity index (χ1) is 9.81. The van der Waals surface area contributed by atoms with E-state index in [1.165, 1.54) is 0 Å². The summed E-state index contributed by atoms with van der Waals surface area (Å²) >= 11 is 0. The van der Waals surface area contributed by atoms with Crippen LogP contribution in [0.2, 0.25) is 0 Å². The van der Waals surface area contributed by atoms with Crippen molar-refractivity contribution in [3.05, 3.63) is 36.9 Å². The van der Waals surface area contributed by atoms with Crippen molar-refractivity contribution in [2.45, 2.75) is 12.5 Å². The van der Waals surface area contributed by atoms with Crippen molar-refractivity contribution in [3.8, 4) is 5.69 Å². The van der Waals surface area contributed by atoms with Crippen LogP contribution in [0.5, 0.6) is 0 Å². The smallest absolute Gasteiger partial charge is 0.319 e. The molecule has 1 aliphatic heterocycles. The van der Waals surface area contributed by atoms with E-state index < -0.39 is 0 Å². The highest BCUT2D eigenvalue weighted by Crippen LogP contribution is 2.14. The van der Waals surface area contributed by atoms with Gasteiger partial charge in [-0.15, -0.1) is 10.2 Å². The standard InChI is InChI=1S/C13H16N6O/c20-13(18-11-4-5-14-7-11)17-10-2-1-3-12(6-10)19-8-15-16-9-19/h1-3,6,8-9,11,14H,4-5,7H2,(H2,17,18,20)/t11-/m1/s1. The molecular weight excluding hydrogens is 256 g/mol. The third kappa shape index (κ3) is 2.94. The molecular formula is C13H16N6O. The van der Waals surface area contributed by atoms with E-state index in [1.807, 2.05) is 24.3 Å². The second kappa shape index (κ2) is 5.70. The molecule has 1 aromatic heterocycles. The largest absolute Gasteiger partial charge is 0.334 e. The Morgan fingerprint density at radius 2 is 2.20 bits per heavy atom. The molecule has 1 aliphatic rings.